The first-order valence-corrected chi connectivity index (χ1v) is 11.4. The smallest absolute Gasteiger partial charge is 0.254 e. The number of hydrogen-bond acceptors (Lipinski definition) is 5. The Morgan fingerprint density at radius 3 is 2.45 bits per heavy atom. The average Bonchev–Trinajstić information content (AvgIpc) is 2.73. The van der Waals surface area contributed by atoms with E-state index in [2.05, 4.69) is 9.88 Å². The van der Waals surface area contributed by atoms with E-state index in [0.29, 0.717) is 56.3 Å². The number of halogens is 1. The summed E-state index contributed by atoms with van der Waals surface area (Å²) in [4.78, 5) is 21.3. The third-order valence-corrected chi connectivity index (χ3v) is 7.61. The molecular weight excluding hydrogens is 412 g/mol. The fourth-order valence-corrected chi connectivity index (χ4v) is 5.30. The first-order valence-electron chi connectivity index (χ1n) is 9.56. The number of benzene rings is 1. The van der Waals surface area contributed by atoms with E-state index in [9.17, 15) is 13.2 Å². The highest BCUT2D eigenvalue weighted by Crippen LogP contribution is 2.23. The molecule has 1 fully saturated rings. The molecule has 4 rings (SSSR count). The lowest BCUT2D eigenvalue weighted by atomic mass is 10.0. The number of amides is 1. The van der Waals surface area contributed by atoms with Gasteiger partial charge >= 0.3 is 0 Å². The second-order valence-corrected chi connectivity index (χ2v) is 9.84. The number of nitrogens with zero attached hydrogens (tertiary/aromatic N) is 4. The zero-order valence-corrected chi connectivity index (χ0v) is 17.8. The third-order valence-electron chi connectivity index (χ3n) is 5.49. The second kappa shape index (κ2) is 8.02. The standard InChI is InChI=1S/C20H23ClN4O3S/c1-23-8-10-25(11-9-23)29(27,28)18-4-2-15(3-5-18)20(26)24-7-6-19-16(14-24)12-17(21)13-22-19/h2-5,12-13H,6-11,14H2,1H3. The summed E-state index contributed by atoms with van der Waals surface area (Å²) in [5.41, 5.74) is 2.39. The number of sulfonamides is 1. The summed E-state index contributed by atoms with van der Waals surface area (Å²) in [5.74, 6) is -0.126. The largest absolute Gasteiger partial charge is 0.334 e. The number of aromatic nitrogens is 1. The molecule has 0 radical (unpaired) electrons. The normalized spacial score (nSPS) is 18.5. The number of pyridine rings is 1. The van der Waals surface area contributed by atoms with Crippen LogP contribution < -0.4 is 0 Å². The lowest BCUT2D eigenvalue weighted by molar-refractivity contribution is 0.0733. The van der Waals surface area contributed by atoms with Crippen molar-refractivity contribution in [1.29, 1.82) is 0 Å². The summed E-state index contributed by atoms with van der Waals surface area (Å²) in [6.07, 6.45) is 2.30. The molecule has 1 aromatic carbocycles. The molecule has 1 amide bonds. The van der Waals surface area contributed by atoms with Gasteiger partial charge in [-0.05, 0) is 42.9 Å². The zero-order valence-electron chi connectivity index (χ0n) is 16.2. The number of fused-ring (bicyclic) bond motifs is 1. The molecule has 2 aromatic rings. The van der Waals surface area contributed by atoms with Gasteiger partial charge in [-0.2, -0.15) is 4.31 Å². The Kier molecular flexibility index (Phi) is 5.61. The van der Waals surface area contributed by atoms with Crippen LogP contribution in [0.3, 0.4) is 0 Å². The summed E-state index contributed by atoms with van der Waals surface area (Å²) in [5, 5.41) is 0.552. The van der Waals surface area contributed by atoms with Crippen LogP contribution >= 0.6 is 11.6 Å². The predicted molar refractivity (Wildman–Crippen MR) is 110 cm³/mol. The summed E-state index contributed by atoms with van der Waals surface area (Å²) in [6.45, 7) is 3.40. The zero-order chi connectivity index (χ0) is 20.6. The fourth-order valence-electron chi connectivity index (χ4n) is 3.70. The van der Waals surface area contributed by atoms with Crippen molar-refractivity contribution in [3.8, 4) is 0 Å². The monoisotopic (exact) mass is 434 g/mol. The van der Waals surface area contributed by atoms with Crippen molar-refractivity contribution in [2.45, 2.75) is 17.9 Å². The van der Waals surface area contributed by atoms with Gasteiger partial charge in [0, 0.05) is 63.1 Å². The minimum Gasteiger partial charge on any atom is -0.334 e. The number of rotatable bonds is 3. The van der Waals surface area contributed by atoms with Crippen LogP contribution in [0.5, 0.6) is 0 Å². The van der Waals surface area contributed by atoms with Crippen LogP contribution in [0, 0.1) is 0 Å². The number of piperazine rings is 1. The topological polar surface area (TPSA) is 73.8 Å². The average molecular weight is 435 g/mol. The first kappa shape index (κ1) is 20.3. The molecule has 0 bridgehead atoms. The minimum atomic E-state index is -3.54. The van der Waals surface area contributed by atoms with Crippen LogP contribution in [-0.4, -0.2) is 73.2 Å². The van der Waals surface area contributed by atoms with E-state index in [4.69, 9.17) is 11.6 Å². The van der Waals surface area contributed by atoms with Gasteiger partial charge in [-0.3, -0.25) is 9.78 Å². The van der Waals surface area contributed by atoms with Gasteiger partial charge in [0.25, 0.3) is 5.91 Å². The van der Waals surface area contributed by atoms with E-state index in [1.165, 1.54) is 16.4 Å². The van der Waals surface area contributed by atoms with E-state index >= 15 is 0 Å². The summed E-state index contributed by atoms with van der Waals surface area (Å²) in [7, 11) is -1.56. The molecule has 2 aliphatic rings. The van der Waals surface area contributed by atoms with E-state index in [1.54, 1.807) is 23.2 Å². The molecule has 3 heterocycles. The van der Waals surface area contributed by atoms with Crippen LogP contribution in [0.1, 0.15) is 21.6 Å². The van der Waals surface area contributed by atoms with Gasteiger partial charge in [-0.1, -0.05) is 11.6 Å². The molecule has 0 atom stereocenters. The lowest BCUT2D eigenvalue weighted by Gasteiger charge is -2.31. The number of likely N-dealkylation sites (N-methyl/N-ethyl adjacent to an activating group) is 1. The quantitative estimate of drug-likeness (QED) is 0.737. The van der Waals surface area contributed by atoms with Crippen molar-refractivity contribution >= 4 is 27.5 Å². The molecule has 0 N–H and O–H groups in total. The van der Waals surface area contributed by atoms with Crippen molar-refractivity contribution in [1.82, 2.24) is 19.1 Å². The molecule has 0 aliphatic carbocycles. The van der Waals surface area contributed by atoms with Crippen LogP contribution in [-0.2, 0) is 23.0 Å². The van der Waals surface area contributed by atoms with E-state index in [0.717, 1.165) is 11.3 Å². The third kappa shape index (κ3) is 4.16. The van der Waals surface area contributed by atoms with Gasteiger partial charge in [0.15, 0.2) is 0 Å². The molecule has 0 unspecified atom stereocenters. The Balaban J connectivity index is 1.48. The van der Waals surface area contributed by atoms with Crippen molar-refractivity contribution < 1.29 is 13.2 Å². The molecule has 1 aromatic heterocycles. The molecule has 29 heavy (non-hydrogen) atoms. The maximum Gasteiger partial charge on any atom is 0.254 e. The predicted octanol–water partition coefficient (Wildman–Crippen LogP) is 1.87. The van der Waals surface area contributed by atoms with E-state index in [-0.39, 0.29) is 10.8 Å². The number of carbonyl (C=O) groups is 1. The van der Waals surface area contributed by atoms with Crippen LogP contribution in [0.2, 0.25) is 5.02 Å². The Labute approximate surface area is 175 Å². The molecule has 0 saturated carbocycles. The molecule has 154 valence electrons. The fraction of sp³-hybridized carbons (Fsp3) is 0.400. The SMILES string of the molecule is CN1CCN(S(=O)(=O)c2ccc(C(=O)N3CCc4ncc(Cl)cc4C3)cc2)CC1. The molecular formula is C20H23ClN4O3S. The molecule has 9 heteroatoms. The number of carbonyl (C=O) groups excluding carboxylic acids is 1. The summed E-state index contributed by atoms with van der Waals surface area (Å²) >= 11 is 6.02. The highest BCUT2D eigenvalue weighted by Gasteiger charge is 2.28. The van der Waals surface area contributed by atoms with Crippen LogP contribution in [0.25, 0.3) is 0 Å². The van der Waals surface area contributed by atoms with Crippen LogP contribution in [0.15, 0.2) is 41.4 Å². The van der Waals surface area contributed by atoms with Crippen molar-refractivity contribution in [2.24, 2.45) is 0 Å². The van der Waals surface area contributed by atoms with Gasteiger partial charge in [0.1, 0.15) is 0 Å². The van der Waals surface area contributed by atoms with Gasteiger partial charge < -0.3 is 9.80 Å². The Bertz CT molecular complexity index is 1020. The van der Waals surface area contributed by atoms with Gasteiger partial charge in [0.2, 0.25) is 10.0 Å². The minimum absolute atomic E-state index is 0.126. The van der Waals surface area contributed by atoms with E-state index in [1.807, 2.05) is 13.1 Å². The van der Waals surface area contributed by atoms with Gasteiger partial charge in [-0.15, -0.1) is 0 Å². The number of hydrogen-bond donors (Lipinski definition) is 0. The van der Waals surface area contributed by atoms with Crippen LogP contribution in [0.4, 0.5) is 0 Å². The lowest BCUT2D eigenvalue weighted by Crippen LogP contribution is -2.47. The Morgan fingerprint density at radius 2 is 1.76 bits per heavy atom. The molecule has 7 nitrogen and oxygen atoms in total. The maximum absolute atomic E-state index is 12.9. The van der Waals surface area contributed by atoms with Crippen molar-refractivity contribution in [2.75, 3.05) is 39.8 Å². The summed E-state index contributed by atoms with van der Waals surface area (Å²) < 4.78 is 27.2. The Hall–Kier alpha value is -2.00. The second-order valence-electron chi connectivity index (χ2n) is 7.47. The summed E-state index contributed by atoms with van der Waals surface area (Å²) in [6, 6.07) is 8.08. The molecule has 0 spiro atoms. The molecule has 2 aliphatic heterocycles. The first-order chi connectivity index (χ1) is 13.8. The van der Waals surface area contributed by atoms with Gasteiger partial charge in [-0.25, -0.2) is 8.42 Å². The van der Waals surface area contributed by atoms with Crippen molar-refractivity contribution in [3.63, 3.8) is 0 Å². The maximum atomic E-state index is 12.9. The molecule has 1 saturated heterocycles. The highest BCUT2D eigenvalue weighted by molar-refractivity contribution is 7.89. The van der Waals surface area contributed by atoms with E-state index < -0.39 is 10.0 Å². The van der Waals surface area contributed by atoms with Gasteiger partial charge in [0.05, 0.1) is 9.92 Å². The highest BCUT2D eigenvalue weighted by atomic mass is 35.5. The Morgan fingerprint density at radius 1 is 1.07 bits per heavy atom. The van der Waals surface area contributed by atoms with Crippen molar-refractivity contribution in [3.05, 3.63) is 58.4 Å².